The van der Waals surface area contributed by atoms with Gasteiger partial charge < -0.3 is 9.47 Å². The summed E-state index contributed by atoms with van der Waals surface area (Å²) >= 11 is 0. The normalized spacial score (nSPS) is 30.5. The van der Waals surface area contributed by atoms with E-state index >= 15 is 0 Å². The summed E-state index contributed by atoms with van der Waals surface area (Å²) in [5.74, 6) is 0. The highest BCUT2D eigenvalue weighted by Crippen LogP contribution is 2.31. The average Bonchev–Trinajstić information content (AvgIpc) is 3.20. The van der Waals surface area contributed by atoms with Crippen LogP contribution in [0, 0.1) is 0 Å². The van der Waals surface area contributed by atoms with Crippen molar-refractivity contribution in [1.29, 1.82) is 0 Å². The number of unbranched alkanes of at least 4 members (excludes halogenated alkanes) is 5. The summed E-state index contributed by atoms with van der Waals surface area (Å²) in [6, 6.07) is 0. The lowest BCUT2D eigenvalue weighted by Crippen LogP contribution is -1.94. The molecule has 2 rings (SSSR count). The number of hydrogen-bond donors (Lipinski definition) is 0. The molecule has 2 aliphatic rings. The van der Waals surface area contributed by atoms with Crippen LogP contribution in [0.3, 0.4) is 0 Å². The molecule has 2 saturated heterocycles. The fraction of sp³-hybridized carbons (Fsp3) is 1.00. The second kappa shape index (κ2) is 7.38. The number of ether oxygens (including phenoxy) is 2. The van der Waals surface area contributed by atoms with Gasteiger partial charge in [0.1, 0.15) is 0 Å². The van der Waals surface area contributed by atoms with Crippen molar-refractivity contribution in [2.24, 2.45) is 0 Å². The molecule has 0 aliphatic carbocycles. The van der Waals surface area contributed by atoms with Crippen LogP contribution in [0.2, 0.25) is 0 Å². The molecule has 0 aromatic rings. The zero-order valence-corrected chi connectivity index (χ0v) is 11.3. The summed E-state index contributed by atoms with van der Waals surface area (Å²) < 4.78 is 10.9. The van der Waals surface area contributed by atoms with Crippen LogP contribution in [0.5, 0.6) is 0 Å². The second-order valence-electron chi connectivity index (χ2n) is 5.66. The van der Waals surface area contributed by atoms with Gasteiger partial charge in [-0.2, -0.15) is 0 Å². The first kappa shape index (κ1) is 13.4. The van der Waals surface area contributed by atoms with Crippen LogP contribution < -0.4 is 0 Å². The minimum absolute atomic E-state index is 0.624. The molecule has 0 aromatic carbocycles. The Morgan fingerprint density at radius 3 is 2.00 bits per heavy atom. The van der Waals surface area contributed by atoms with Gasteiger partial charge in [-0.05, 0) is 19.3 Å². The van der Waals surface area contributed by atoms with E-state index in [1.54, 1.807) is 0 Å². The molecule has 2 heterocycles. The number of rotatable bonds is 11. The monoisotopic (exact) mass is 240 g/mol. The largest absolute Gasteiger partial charge is 0.373 e. The molecule has 0 bridgehead atoms. The lowest BCUT2D eigenvalue weighted by atomic mass is 10.0. The van der Waals surface area contributed by atoms with Gasteiger partial charge in [-0.1, -0.05) is 51.9 Å². The fourth-order valence-electron chi connectivity index (χ4n) is 2.59. The second-order valence-corrected chi connectivity index (χ2v) is 5.66. The summed E-state index contributed by atoms with van der Waals surface area (Å²) in [4.78, 5) is 0. The summed E-state index contributed by atoms with van der Waals surface area (Å²) in [5.41, 5.74) is 0. The van der Waals surface area contributed by atoms with Gasteiger partial charge in [-0.15, -0.1) is 0 Å². The number of hydrogen-bond acceptors (Lipinski definition) is 2. The highest BCUT2D eigenvalue weighted by Gasteiger charge is 2.36. The third-order valence-electron chi connectivity index (χ3n) is 3.95. The van der Waals surface area contributed by atoms with E-state index in [2.05, 4.69) is 6.92 Å². The molecule has 3 unspecified atom stereocenters. The van der Waals surface area contributed by atoms with Crippen LogP contribution in [-0.2, 0) is 9.47 Å². The predicted octanol–water partition coefficient (Wildman–Crippen LogP) is 4.07. The summed E-state index contributed by atoms with van der Waals surface area (Å²) in [6.07, 6.45) is 15.3. The van der Waals surface area contributed by atoms with Gasteiger partial charge in [0.25, 0.3) is 0 Å². The SMILES string of the molecule is CCCCCC1OC1CCCCCCC1CO1. The molecule has 3 atom stereocenters. The molecule has 100 valence electrons. The zero-order chi connectivity index (χ0) is 11.9. The molecule has 2 aliphatic heterocycles. The van der Waals surface area contributed by atoms with Crippen molar-refractivity contribution in [1.82, 2.24) is 0 Å². The van der Waals surface area contributed by atoms with Crippen molar-refractivity contribution in [2.45, 2.75) is 89.4 Å². The van der Waals surface area contributed by atoms with Gasteiger partial charge >= 0.3 is 0 Å². The lowest BCUT2D eigenvalue weighted by Gasteiger charge is -1.99. The zero-order valence-electron chi connectivity index (χ0n) is 11.3. The summed E-state index contributed by atoms with van der Waals surface area (Å²) in [7, 11) is 0. The Balaban J connectivity index is 1.32. The topological polar surface area (TPSA) is 25.1 Å². The molecule has 2 fully saturated rings. The number of epoxide rings is 2. The third-order valence-corrected chi connectivity index (χ3v) is 3.95. The van der Waals surface area contributed by atoms with Crippen LogP contribution in [0.15, 0.2) is 0 Å². The average molecular weight is 240 g/mol. The Bertz CT molecular complexity index is 201. The Morgan fingerprint density at radius 1 is 0.824 bits per heavy atom. The summed E-state index contributed by atoms with van der Waals surface area (Å²) in [5, 5.41) is 0. The van der Waals surface area contributed by atoms with Crippen molar-refractivity contribution in [3.8, 4) is 0 Å². The minimum atomic E-state index is 0.624. The lowest BCUT2D eigenvalue weighted by molar-refractivity contribution is 0.347. The van der Waals surface area contributed by atoms with Crippen LogP contribution in [-0.4, -0.2) is 24.9 Å². The van der Waals surface area contributed by atoms with E-state index in [1.807, 2.05) is 0 Å². The van der Waals surface area contributed by atoms with Gasteiger partial charge in [0, 0.05) is 0 Å². The standard InChI is InChI=1S/C15H28O2/c1-2-3-6-10-14-15(17-14)11-8-5-4-7-9-13-12-16-13/h13-15H,2-12H2,1H3. The van der Waals surface area contributed by atoms with E-state index in [9.17, 15) is 0 Å². The van der Waals surface area contributed by atoms with Crippen molar-refractivity contribution >= 4 is 0 Å². The van der Waals surface area contributed by atoms with Gasteiger partial charge in [0.2, 0.25) is 0 Å². The van der Waals surface area contributed by atoms with Gasteiger partial charge in [-0.25, -0.2) is 0 Å². The molecular weight excluding hydrogens is 212 g/mol. The molecule has 0 spiro atoms. The maximum absolute atomic E-state index is 5.70. The Morgan fingerprint density at radius 2 is 1.41 bits per heavy atom. The maximum atomic E-state index is 5.70. The Kier molecular flexibility index (Phi) is 5.79. The van der Waals surface area contributed by atoms with Gasteiger partial charge in [-0.3, -0.25) is 0 Å². The first-order chi connectivity index (χ1) is 8.40. The van der Waals surface area contributed by atoms with Crippen molar-refractivity contribution in [2.75, 3.05) is 6.61 Å². The van der Waals surface area contributed by atoms with Crippen molar-refractivity contribution < 1.29 is 9.47 Å². The molecule has 2 heteroatoms. The quantitative estimate of drug-likeness (QED) is 0.402. The van der Waals surface area contributed by atoms with Crippen molar-refractivity contribution in [3.63, 3.8) is 0 Å². The molecule has 2 nitrogen and oxygen atoms in total. The molecule has 0 aromatic heterocycles. The molecule has 0 radical (unpaired) electrons. The van der Waals surface area contributed by atoms with Gasteiger partial charge in [0.05, 0.1) is 24.9 Å². The van der Waals surface area contributed by atoms with Gasteiger partial charge in [0.15, 0.2) is 0 Å². The van der Waals surface area contributed by atoms with Crippen molar-refractivity contribution in [3.05, 3.63) is 0 Å². The first-order valence-corrected chi connectivity index (χ1v) is 7.67. The first-order valence-electron chi connectivity index (χ1n) is 7.67. The Hall–Kier alpha value is -0.0800. The van der Waals surface area contributed by atoms with E-state index < -0.39 is 0 Å². The van der Waals surface area contributed by atoms with Crippen LogP contribution in [0.25, 0.3) is 0 Å². The molecule has 0 N–H and O–H groups in total. The van der Waals surface area contributed by atoms with E-state index in [1.165, 1.54) is 64.2 Å². The van der Waals surface area contributed by atoms with E-state index in [4.69, 9.17) is 9.47 Å². The maximum Gasteiger partial charge on any atom is 0.0841 e. The molecule has 0 amide bonds. The van der Waals surface area contributed by atoms with E-state index in [0.29, 0.717) is 18.3 Å². The Labute approximate surface area is 106 Å². The molecule has 0 saturated carbocycles. The third kappa shape index (κ3) is 5.87. The molecular formula is C15H28O2. The van der Waals surface area contributed by atoms with Crippen LogP contribution in [0.1, 0.15) is 71.1 Å². The fourth-order valence-corrected chi connectivity index (χ4v) is 2.59. The van der Waals surface area contributed by atoms with Crippen LogP contribution >= 0.6 is 0 Å². The summed E-state index contributed by atoms with van der Waals surface area (Å²) in [6.45, 7) is 3.28. The van der Waals surface area contributed by atoms with Crippen LogP contribution in [0.4, 0.5) is 0 Å². The highest BCUT2D eigenvalue weighted by atomic mass is 16.6. The minimum Gasteiger partial charge on any atom is -0.373 e. The van der Waals surface area contributed by atoms with E-state index in [-0.39, 0.29) is 0 Å². The van der Waals surface area contributed by atoms with E-state index in [0.717, 1.165) is 6.61 Å². The smallest absolute Gasteiger partial charge is 0.0841 e. The highest BCUT2D eigenvalue weighted by molar-refractivity contribution is 4.84. The molecule has 17 heavy (non-hydrogen) atoms. The predicted molar refractivity (Wildman–Crippen MR) is 70.2 cm³/mol.